The zero-order chi connectivity index (χ0) is 11.8. The summed E-state index contributed by atoms with van der Waals surface area (Å²) in [6.07, 6.45) is 6.36. The molecule has 0 amide bonds. The Morgan fingerprint density at radius 2 is 2.00 bits per heavy atom. The second-order valence-corrected chi connectivity index (χ2v) is 5.13. The highest BCUT2D eigenvalue weighted by atomic mass is 35.5. The second kappa shape index (κ2) is 4.30. The van der Waals surface area contributed by atoms with Crippen LogP contribution in [-0.2, 0) is 0 Å². The number of rotatable bonds is 1. The minimum Gasteiger partial charge on any atom is -0.441 e. The molecule has 0 N–H and O–H groups in total. The van der Waals surface area contributed by atoms with Crippen LogP contribution < -0.4 is 0 Å². The number of aryl methyl sites for hydroxylation is 1. The van der Waals surface area contributed by atoms with E-state index in [0.29, 0.717) is 16.8 Å². The minimum atomic E-state index is 0.466. The number of hydrogen-bond donors (Lipinski definition) is 0. The van der Waals surface area contributed by atoms with Crippen molar-refractivity contribution in [3.63, 3.8) is 0 Å². The topological polar surface area (TPSA) is 38.9 Å². The van der Waals surface area contributed by atoms with Crippen LogP contribution in [0.1, 0.15) is 49.5 Å². The standard InChI is InChI=1S/C13H15ClN2O/c1-8-12(14)16-10-7-11(17-13(10)15-8)9-5-3-2-4-6-9/h7,9H,2-6H2,1H3. The highest BCUT2D eigenvalue weighted by molar-refractivity contribution is 6.30. The molecule has 0 saturated heterocycles. The van der Waals surface area contributed by atoms with E-state index in [0.717, 1.165) is 17.0 Å². The van der Waals surface area contributed by atoms with Crippen LogP contribution in [-0.4, -0.2) is 9.97 Å². The van der Waals surface area contributed by atoms with Gasteiger partial charge in [0.25, 0.3) is 0 Å². The third kappa shape index (κ3) is 2.04. The molecule has 3 rings (SSSR count). The normalized spacial score (nSPS) is 17.8. The molecule has 0 radical (unpaired) electrons. The van der Waals surface area contributed by atoms with Gasteiger partial charge in [-0.15, -0.1) is 0 Å². The molecule has 1 fully saturated rings. The fourth-order valence-corrected chi connectivity index (χ4v) is 2.66. The molecule has 3 nitrogen and oxygen atoms in total. The van der Waals surface area contributed by atoms with Gasteiger partial charge >= 0.3 is 0 Å². The van der Waals surface area contributed by atoms with Gasteiger partial charge in [-0.05, 0) is 19.8 Å². The van der Waals surface area contributed by atoms with E-state index >= 15 is 0 Å². The van der Waals surface area contributed by atoms with Crippen LogP contribution in [0.2, 0.25) is 5.15 Å². The van der Waals surface area contributed by atoms with Crippen molar-refractivity contribution < 1.29 is 4.42 Å². The number of halogens is 1. The van der Waals surface area contributed by atoms with Crippen molar-refractivity contribution in [1.29, 1.82) is 0 Å². The highest BCUT2D eigenvalue weighted by Crippen LogP contribution is 2.35. The molecule has 4 heteroatoms. The van der Waals surface area contributed by atoms with Crippen molar-refractivity contribution in [1.82, 2.24) is 9.97 Å². The first kappa shape index (κ1) is 11.0. The lowest BCUT2D eigenvalue weighted by atomic mass is 9.88. The molecule has 90 valence electrons. The van der Waals surface area contributed by atoms with Crippen molar-refractivity contribution in [3.05, 3.63) is 22.7 Å². The van der Waals surface area contributed by atoms with Crippen LogP contribution in [0.3, 0.4) is 0 Å². The second-order valence-electron chi connectivity index (χ2n) is 4.77. The van der Waals surface area contributed by atoms with Gasteiger partial charge in [-0.1, -0.05) is 30.9 Å². The summed E-state index contributed by atoms with van der Waals surface area (Å²) in [5, 5.41) is 0.466. The third-order valence-corrected chi connectivity index (χ3v) is 3.86. The van der Waals surface area contributed by atoms with E-state index in [-0.39, 0.29) is 0 Å². The monoisotopic (exact) mass is 250 g/mol. The van der Waals surface area contributed by atoms with Crippen molar-refractivity contribution >= 4 is 22.8 Å². The van der Waals surface area contributed by atoms with Gasteiger partial charge in [-0.25, -0.2) is 9.97 Å². The van der Waals surface area contributed by atoms with Crippen LogP contribution in [0.15, 0.2) is 10.5 Å². The van der Waals surface area contributed by atoms with E-state index in [9.17, 15) is 0 Å². The van der Waals surface area contributed by atoms with Gasteiger partial charge in [0.2, 0.25) is 5.71 Å². The van der Waals surface area contributed by atoms with Crippen molar-refractivity contribution in [3.8, 4) is 0 Å². The predicted molar refractivity (Wildman–Crippen MR) is 67.4 cm³/mol. The average Bonchev–Trinajstić information content (AvgIpc) is 2.74. The molecule has 17 heavy (non-hydrogen) atoms. The number of hydrogen-bond acceptors (Lipinski definition) is 3. The summed E-state index contributed by atoms with van der Waals surface area (Å²) in [5.74, 6) is 1.57. The van der Waals surface area contributed by atoms with E-state index in [4.69, 9.17) is 16.0 Å². The average molecular weight is 251 g/mol. The third-order valence-electron chi connectivity index (χ3n) is 3.51. The van der Waals surface area contributed by atoms with Crippen LogP contribution in [0.5, 0.6) is 0 Å². The van der Waals surface area contributed by atoms with Crippen molar-refractivity contribution in [2.24, 2.45) is 0 Å². The lowest BCUT2D eigenvalue weighted by Crippen LogP contribution is -2.02. The molecule has 2 aromatic heterocycles. The lowest BCUT2D eigenvalue weighted by molar-refractivity contribution is 0.383. The van der Waals surface area contributed by atoms with E-state index in [1.165, 1.54) is 32.1 Å². The van der Waals surface area contributed by atoms with Gasteiger partial charge in [-0.2, -0.15) is 0 Å². The molecule has 0 aromatic carbocycles. The zero-order valence-corrected chi connectivity index (χ0v) is 10.6. The molecule has 1 saturated carbocycles. The minimum absolute atomic E-state index is 0.466. The Balaban J connectivity index is 2.00. The van der Waals surface area contributed by atoms with E-state index in [1.54, 1.807) is 0 Å². The highest BCUT2D eigenvalue weighted by Gasteiger charge is 2.20. The van der Waals surface area contributed by atoms with Crippen molar-refractivity contribution in [2.45, 2.75) is 44.9 Å². The van der Waals surface area contributed by atoms with Gasteiger partial charge < -0.3 is 4.42 Å². The van der Waals surface area contributed by atoms with Gasteiger partial charge in [-0.3, -0.25) is 0 Å². The number of nitrogens with zero attached hydrogens (tertiary/aromatic N) is 2. The zero-order valence-electron chi connectivity index (χ0n) is 9.87. The van der Waals surface area contributed by atoms with Gasteiger partial charge in [0, 0.05) is 12.0 Å². The number of aromatic nitrogens is 2. The fourth-order valence-electron chi connectivity index (χ4n) is 2.52. The van der Waals surface area contributed by atoms with Crippen LogP contribution >= 0.6 is 11.6 Å². The lowest BCUT2D eigenvalue weighted by Gasteiger charge is -2.18. The Morgan fingerprint density at radius 1 is 1.24 bits per heavy atom. The molecule has 1 aliphatic rings. The first-order valence-electron chi connectivity index (χ1n) is 6.17. The summed E-state index contributed by atoms with van der Waals surface area (Å²) < 4.78 is 5.81. The maximum Gasteiger partial charge on any atom is 0.245 e. The summed E-state index contributed by atoms with van der Waals surface area (Å²) in [4.78, 5) is 8.63. The Labute approximate surface area is 105 Å². The van der Waals surface area contributed by atoms with Gasteiger partial charge in [0.15, 0.2) is 5.15 Å². The summed E-state index contributed by atoms with van der Waals surface area (Å²) in [6.45, 7) is 1.84. The number of furan rings is 1. The summed E-state index contributed by atoms with van der Waals surface area (Å²) in [6, 6.07) is 2.00. The molecule has 1 aliphatic carbocycles. The molecule has 0 unspecified atom stereocenters. The molecule has 0 atom stereocenters. The molecule has 2 aromatic rings. The SMILES string of the molecule is Cc1nc2oc(C3CCCCC3)cc2nc1Cl. The Bertz CT molecular complexity index is 505. The summed E-state index contributed by atoms with van der Waals surface area (Å²) in [5.41, 5.74) is 2.12. The summed E-state index contributed by atoms with van der Waals surface area (Å²) >= 11 is 5.97. The first-order valence-corrected chi connectivity index (χ1v) is 6.55. The van der Waals surface area contributed by atoms with E-state index in [1.807, 2.05) is 13.0 Å². The largest absolute Gasteiger partial charge is 0.441 e. The maximum absolute atomic E-state index is 5.97. The molecular formula is C13H15ClN2O. The first-order chi connectivity index (χ1) is 8.24. The molecule has 0 bridgehead atoms. The molecule has 0 spiro atoms. The molecule has 0 aliphatic heterocycles. The Morgan fingerprint density at radius 3 is 2.76 bits per heavy atom. The van der Waals surface area contributed by atoms with Crippen LogP contribution in [0.4, 0.5) is 0 Å². The Kier molecular flexibility index (Phi) is 2.79. The van der Waals surface area contributed by atoms with Gasteiger partial charge in [0.1, 0.15) is 11.3 Å². The van der Waals surface area contributed by atoms with E-state index < -0.39 is 0 Å². The quantitative estimate of drug-likeness (QED) is 0.760. The van der Waals surface area contributed by atoms with Gasteiger partial charge in [0.05, 0.1) is 5.69 Å². The Hall–Kier alpha value is -1.09. The van der Waals surface area contributed by atoms with Crippen molar-refractivity contribution in [2.75, 3.05) is 0 Å². The van der Waals surface area contributed by atoms with Crippen LogP contribution in [0.25, 0.3) is 11.2 Å². The fraction of sp³-hybridized carbons (Fsp3) is 0.538. The molecule has 2 heterocycles. The van der Waals surface area contributed by atoms with Crippen LogP contribution in [0, 0.1) is 6.92 Å². The summed E-state index contributed by atoms with van der Waals surface area (Å²) in [7, 11) is 0. The van der Waals surface area contributed by atoms with E-state index in [2.05, 4.69) is 9.97 Å². The smallest absolute Gasteiger partial charge is 0.245 e. The predicted octanol–water partition coefficient (Wildman–Crippen LogP) is 4.23. The number of fused-ring (bicyclic) bond motifs is 1. The molecular weight excluding hydrogens is 236 g/mol. The maximum atomic E-state index is 5.97.